The third-order valence-electron chi connectivity index (χ3n) is 2.03. The Morgan fingerprint density at radius 1 is 1.24 bits per heavy atom. The smallest absolute Gasteiger partial charge is 0.323 e. The first kappa shape index (κ1) is 12.8. The Balaban J connectivity index is 2.90. The zero-order valence-corrected chi connectivity index (χ0v) is 9.04. The van der Waals surface area contributed by atoms with Gasteiger partial charge in [0.1, 0.15) is 18.8 Å². The lowest BCUT2D eigenvalue weighted by atomic mass is 10.2. The van der Waals surface area contributed by atoms with Gasteiger partial charge >= 0.3 is 11.9 Å². The van der Waals surface area contributed by atoms with Crippen LogP contribution < -0.4 is 0 Å². The number of carbonyl (C=O) groups is 3. The van der Waals surface area contributed by atoms with Crippen molar-refractivity contribution < 1.29 is 29.0 Å². The van der Waals surface area contributed by atoms with Crippen LogP contribution in [0.3, 0.4) is 0 Å². The minimum atomic E-state index is -1.28. The van der Waals surface area contributed by atoms with Crippen molar-refractivity contribution in [2.75, 3.05) is 13.1 Å². The third kappa shape index (κ3) is 3.33. The van der Waals surface area contributed by atoms with E-state index in [-0.39, 0.29) is 5.56 Å². The van der Waals surface area contributed by atoms with Crippen LogP contribution in [0.15, 0.2) is 16.7 Å². The van der Waals surface area contributed by atoms with E-state index in [4.69, 9.17) is 14.6 Å². The number of carboxylic acids is 2. The van der Waals surface area contributed by atoms with Gasteiger partial charge in [-0.05, 0) is 13.0 Å². The molecule has 0 saturated heterocycles. The molecule has 0 fully saturated rings. The molecule has 0 bridgehead atoms. The van der Waals surface area contributed by atoms with Crippen molar-refractivity contribution in [3.05, 3.63) is 23.7 Å². The molecule has 0 aliphatic carbocycles. The maximum absolute atomic E-state index is 11.8. The van der Waals surface area contributed by atoms with Crippen molar-refractivity contribution in [1.82, 2.24) is 4.90 Å². The highest BCUT2D eigenvalue weighted by Crippen LogP contribution is 2.11. The fourth-order valence-electron chi connectivity index (χ4n) is 1.30. The van der Waals surface area contributed by atoms with Crippen LogP contribution in [-0.2, 0) is 9.59 Å². The van der Waals surface area contributed by atoms with Crippen molar-refractivity contribution in [2.45, 2.75) is 6.92 Å². The largest absolute Gasteiger partial charge is 0.480 e. The molecule has 2 N–H and O–H groups in total. The summed E-state index contributed by atoms with van der Waals surface area (Å²) in [7, 11) is 0. The summed E-state index contributed by atoms with van der Waals surface area (Å²) in [4.78, 5) is 33.6. The molecule has 0 saturated carbocycles. The molecule has 0 spiro atoms. The molecule has 0 aliphatic rings. The second-order valence-corrected chi connectivity index (χ2v) is 3.34. The normalized spacial score (nSPS) is 9.94. The third-order valence-corrected chi connectivity index (χ3v) is 2.03. The van der Waals surface area contributed by atoms with E-state index in [0.717, 1.165) is 4.90 Å². The van der Waals surface area contributed by atoms with E-state index in [1.807, 2.05) is 0 Å². The predicted molar refractivity (Wildman–Crippen MR) is 54.6 cm³/mol. The molecule has 0 aliphatic heterocycles. The Bertz CT molecular complexity index is 433. The van der Waals surface area contributed by atoms with E-state index in [1.165, 1.54) is 19.3 Å². The second kappa shape index (κ2) is 5.15. The topological polar surface area (TPSA) is 108 Å². The Labute approximate surface area is 96.2 Å². The van der Waals surface area contributed by atoms with Crippen LogP contribution in [0.4, 0.5) is 0 Å². The van der Waals surface area contributed by atoms with Gasteiger partial charge in [0, 0.05) is 0 Å². The van der Waals surface area contributed by atoms with Gasteiger partial charge in [0.2, 0.25) is 0 Å². The fraction of sp³-hybridized carbons (Fsp3) is 0.300. The van der Waals surface area contributed by atoms with Gasteiger partial charge in [0.05, 0.1) is 11.8 Å². The number of nitrogens with zero attached hydrogens (tertiary/aromatic N) is 1. The number of aryl methyl sites for hydroxylation is 1. The summed E-state index contributed by atoms with van der Waals surface area (Å²) in [6, 6.07) is 1.37. The van der Waals surface area contributed by atoms with Gasteiger partial charge in [-0.25, -0.2) is 0 Å². The van der Waals surface area contributed by atoms with E-state index in [0.29, 0.717) is 5.76 Å². The molecule has 7 nitrogen and oxygen atoms in total. The Morgan fingerprint density at radius 3 is 2.12 bits per heavy atom. The first-order valence-corrected chi connectivity index (χ1v) is 4.68. The van der Waals surface area contributed by atoms with E-state index in [2.05, 4.69) is 0 Å². The first-order chi connectivity index (χ1) is 7.91. The van der Waals surface area contributed by atoms with Gasteiger partial charge in [-0.15, -0.1) is 0 Å². The number of hydrogen-bond donors (Lipinski definition) is 2. The highest BCUT2D eigenvalue weighted by molar-refractivity contribution is 5.98. The van der Waals surface area contributed by atoms with Crippen molar-refractivity contribution in [1.29, 1.82) is 0 Å². The van der Waals surface area contributed by atoms with Crippen LogP contribution in [0.5, 0.6) is 0 Å². The lowest BCUT2D eigenvalue weighted by Gasteiger charge is -2.17. The summed E-state index contributed by atoms with van der Waals surface area (Å²) in [5.41, 5.74) is 0.160. The summed E-state index contributed by atoms with van der Waals surface area (Å²) >= 11 is 0. The summed E-state index contributed by atoms with van der Waals surface area (Å²) in [6.45, 7) is 0.193. The number of amides is 1. The molecule has 1 amide bonds. The molecule has 92 valence electrons. The maximum atomic E-state index is 11.8. The van der Waals surface area contributed by atoms with E-state index in [1.54, 1.807) is 0 Å². The van der Waals surface area contributed by atoms with Gasteiger partial charge in [-0.2, -0.15) is 0 Å². The SMILES string of the molecule is Cc1occc1C(=O)N(CC(=O)O)CC(=O)O. The number of carbonyl (C=O) groups excluding carboxylic acids is 1. The van der Waals surface area contributed by atoms with Crippen LogP contribution >= 0.6 is 0 Å². The van der Waals surface area contributed by atoms with Crippen molar-refractivity contribution in [3.63, 3.8) is 0 Å². The molecule has 0 aromatic carbocycles. The summed E-state index contributed by atoms with van der Waals surface area (Å²) in [6.07, 6.45) is 1.28. The van der Waals surface area contributed by atoms with E-state index >= 15 is 0 Å². The molecular weight excluding hydrogens is 230 g/mol. The molecule has 0 unspecified atom stereocenters. The molecule has 17 heavy (non-hydrogen) atoms. The Morgan fingerprint density at radius 2 is 1.76 bits per heavy atom. The highest BCUT2D eigenvalue weighted by atomic mass is 16.4. The number of rotatable bonds is 5. The van der Waals surface area contributed by atoms with Crippen LogP contribution in [0, 0.1) is 6.92 Å². The van der Waals surface area contributed by atoms with Gasteiger partial charge in [-0.3, -0.25) is 14.4 Å². The average Bonchev–Trinajstić information content (AvgIpc) is 2.61. The van der Waals surface area contributed by atoms with Crippen molar-refractivity contribution >= 4 is 17.8 Å². The zero-order valence-electron chi connectivity index (χ0n) is 9.04. The molecule has 1 aromatic rings. The maximum Gasteiger partial charge on any atom is 0.323 e. The zero-order chi connectivity index (χ0) is 13.0. The lowest BCUT2D eigenvalue weighted by Crippen LogP contribution is -2.39. The summed E-state index contributed by atoms with van der Waals surface area (Å²) in [5, 5.41) is 17.2. The van der Waals surface area contributed by atoms with Crippen LogP contribution in [-0.4, -0.2) is 46.0 Å². The van der Waals surface area contributed by atoms with Gasteiger partial charge in [-0.1, -0.05) is 0 Å². The Hall–Kier alpha value is -2.31. The minimum Gasteiger partial charge on any atom is -0.480 e. The number of carboxylic acid groups (broad SMARTS) is 2. The van der Waals surface area contributed by atoms with E-state index in [9.17, 15) is 14.4 Å². The molecule has 0 radical (unpaired) electrons. The first-order valence-electron chi connectivity index (χ1n) is 4.68. The van der Waals surface area contributed by atoms with Crippen LogP contribution in [0.25, 0.3) is 0 Å². The van der Waals surface area contributed by atoms with E-state index < -0.39 is 30.9 Å². The van der Waals surface area contributed by atoms with Crippen LogP contribution in [0.1, 0.15) is 16.1 Å². The monoisotopic (exact) mass is 241 g/mol. The van der Waals surface area contributed by atoms with Crippen molar-refractivity contribution in [2.24, 2.45) is 0 Å². The van der Waals surface area contributed by atoms with Crippen LogP contribution in [0.2, 0.25) is 0 Å². The van der Waals surface area contributed by atoms with Crippen molar-refractivity contribution in [3.8, 4) is 0 Å². The standard InChI is InChI=1S/C10H11NO6/c1-6-7(2-3-17-6)10(16)11(4-8(12)13)5-9(14)15/h2-3H,4-5H2,1H3,(H,12,13)(H,14,15). The molecule has 1 heterocycles. The predicted octanol–water partition coefficient (Wildman–Crippen LogP) is 0.199. The molecule has 1 rings (SSSR count). The quantitative estimate of drug-likeness (QED) is 0.762. The summed E-state index contributed by atoms with van der Waals surface area (Å²) in [5.74, 6) is -2.92. The number of hydrogen-bond acceptors (Lipinski definition) is 4. The molecular formula is C10H11NO6. The minimum absolute atomic E-state index is 0.160. The van der Waals surface area contributed by atoms with Gasteiger partial charge in [0.15, 0.2) is 0 Å². The highest BCUT2D eigenvalue weighted by Gasteiger charge is 2.23. The summed E-state index contributed by atoms with van der Waals surface area (Å²) < 4.78 is 4.90. The Kier molecular flexibility index (Phi) is 3.86. The number of furan rings is 1. The molecule has 7 heteroatoms. The fourth-order valence-corrected chi connectivity index (χ4v) is 1.30. The van der Waals surface area contributed by atoms with Gasteiger partial charge < -0.3 is 19.5 Å². The molecule has 1 aromatic heterocycles. The second-order valence-electron chi connectivity index (χ2n) is 3.34. The lowest BCUT2D eigenvalue weighted by molar-refractivity contribution is -0.140. The average molecular weight is 241 g/mol. The number of aliphatic carboxylic acids is 2. The molecule has 0 atom stereocenters. The van der Waals surface area contributed by atoms with Gasteiger partial charge in [0.25, 0.3) is 5.91 Å².